The summed E-state index contributed by atoms with van der Waals surface area (Å²) in [5.41, 5.74) is 0. The molecule has 0 bridgehead atoms. The van der Waals surface area contributed by atoms with Crippen molar-refractivity contribution in [2.75, 3.05) is 6.54 Å². The summed E-state index contributed by atoms with van der Waals surface area (Å²) in [5, 5.41) is 0.246. The first-order valence-corrected chi connectivity index (χ1v) is 8.50. The minimum atomic E-state index is -3.53. The van der Waals surface area contributed by atoms with Crippen molar-refractivity contribution in [2.45, 2.75) is 50.0 Å². The highest BCUT2D eigenvalue weighted by Gasteiger charge is 2.34. The SMILES string of the molecule is CCCC1CCCCN1S(=O)(=O)c1cnccc1Cl. The maximum atomic E-state index is 12.7. The molecule has 0 aromatic carbocycles. The maximum absolute atomic E-state index is 12.7. The van der Waals surface area contributed by atoms with Crippen molar-refractivity contribution < 1.29 is 8.42 Å². The van der Waals surface area contributed by atoms with Gasteiger partial charge < -0.3 is 0 Å². The number of nitrogens with zero attached hydrogens (tertiary/aromatic N) is 2. The third-order valence-electron chi connectivity index (χ3n) is 3.52. The Morgan fingerprint density at radius 2 is 2.26 bits per heavy atom. The van der Waals surface area contributed by atoms with Gasteiger partial charge in [-0.25, -0.2) is 8.42 Å². The summed E-state index contributed by atoms with van der Waals surface area (Å²) in [6, 6.07) is 1.62. The number of hydrogen-bond acceptors (Lipinski definition) is 3. The molecule has 0 N–H and O–H groups in total. The molecule has 1 aliphatic rings. The van der Waals surface area contributed by atoms with Gasteiger partial charge in [0.2, 0.25) is 10.0 Å². The molecule has 0 saturated carbocycles. The molecule has 1 fully saturated rings. The second-order valence-corrected chi connectivity index (χ2v) is 7.13. The van der Waals surface area contributed by atoms with Gasteiger partial charge in [0.05, 0.1) is 5.02 Å². The molecule has 0 spiro atoms. The molecule has 6 heteroatoms. The molecule has 1 atom stereocenters. The Kier molecular flexibility index (Phi) is 4.81. The lowest BCUT2D eigenvalue weighted by Gasteiger charge is -2.34. The summed E-state index contributed by atoms with van der Waals surface area (Å²) in [7, 11) is -3.53. The van der Waals surface area contributed by atoms with Crippen LogP contribution in [0.25, 0.3) is 0 Å². The van der Waals surface area contributed by atoms with Crippen LogP contribution in [-0.4, -0.2) is 30.3 Å². The quantitative estimate of drug-likeness (QED) is 0.859. The third-order valence-corrected chi connectivity index (χ3v) is 5.94. The van der Waals surface area contributed by atoms with Crippen molar-refractivity contribution in [3.63, 3.8) is 0 Å². The van der Waals surface area contributed by atoms with Gasteiger partial charge in [-0.2, -0.15) is 4.31 Å². The van der Waals surface area contributed by atoms with Crippen LogP contribution in [0.3, 0.4) is 0 Å². The molecule has 2 heterocycles. The highest BCUT2D eigenvalue weighted by Crippen LogP contribution is 2.30. The van der Waals surface area contributed by atoms with Crippen LogP contribution in [-0.2, 0) is 10.0 Å². The van der Waals surface area contributed by atoms with Gasteiger partial charge in [-0.3, -0.25) is 4.98 Å². The fourth-order valence-corrected chi connectivity index (χ4v) is 4.72. The van der Waals surface area contributed by atoms with Crippen LogP contribution in [0.5, 0.6) is 0 Å². The van der Waals surface area contributed by atoms with Gasteiger partial charge in [0.15, 0.2) is 0 Å². The second kappa shape index (κ2) is 6.20. The highest BCUT2D eigenvalue weighted by atomic mass is 35.5. The van der Waals surface area contributed by atoms with Crippen LogP contribution in [0.4, 0.5) is 0 Å². The zero-order valence-corrected chi connectivity index (χ0v) is 12.6. The van der Waals surface area contributed by atoms with Crippen LogP contribution in [0.2, 0.25) is 5.02 Å². The zero-order chi connectivity index (χ0) is 13.9. The Hall–Kier alpha value is -0.650. The lowest BCUT2D eigenvalue weighted by atomic mass is 10.0. The number of halogens is 1. The van der Waals surface area contributed by atoms with E-state index in [2.05, 4.69) is 11.9 Å². The van der Waals surface area contributed by atoms with Gasteiger partial charge in [0, 0.05) is 25.0 Å². The summed E-state index contributed by atoms with van der Waals surface area (Å²) in [5.74, 6) is 0. The van der Waals surface area contributed by atoms with Crippen molar-refractivity contribution in [1.82, 2.24) is 9.29 Å². The van der Waals surface area contributed by atoms with Gasteiger partial charge in [-0.05, 0) is 25.3 Å². The van der Waals surface area contributed by atoms with Gasteiger partial charge in [-0.1, -0.05) is 31.4 Å². The molecule has 19 heavy (non-hydrogen) atoms. The van der Waals surface area contributed by atoms with E-state index in [1.165, 1.54) is 18.5 Å². The first kappa shape index (κ1) is 14.8. The van der Waals surface area contributed by atoms with Crippen molar-refractivity contribution >= 4 is 21.6 Å². The zero-order valence-electron chi connectivity index (χ0n) is 11.0. The Morgan fingerprint density at radius 1 is 1.47 bits per heavy atom. The van der Waals surface area contributed by atoms with E-state index in [1.807, 2.05) is 0 Å². The predicted molar refractivity (Wildman–Crippen MR) is 75.7 cm³/mol. The molecule has 0 aliphatic carbocycles. The molecule has 4 nitrogen and oxygen atoms in total. The monoisotopic (exact) mass is 302 g/mol. The average Bonchev–Trinajstić information content (AvgIpc) is 2.40. The lowest BCUT2D eigenvalue weighted by molar-refractivity contribution is 0.239. The number of rotatable bonds is 4. The lowest BCUT2D eigenvalue weighted by Crippen LogP contribution is -2.43. The third kappa shape index (κ3) is 3.09. The maximum Gasteiger partial charge on any atom is 0.246 e. The molecule has 1 unspecified atom stereocenters. The molecule has 2 rings (SSSR count). The molecule has 0 amide bonds. The van der Waals surface area contributed by atoms with Crippen molar-refractivity contribution in [2.24, 2.45) is 0 Å². The Balaban J connectivity index is 2.35. The van der Waals surface area contributed by atoms with Crippen LogP contribution in [0.15, 0.2) is 23.4 Å². The van der Waals surface area contributed by atoms with E-state index in [1.54, 1.807) is 4.31 Å². The van der Waals surface area contributed by atoms with E-state index in [9.17, 15) is 8.42 Å². The van der Waals surface area contributed by atoms with E-state index in [4.69, 9.17) is 11.6 Å². The van der Waals surface area contributed by atoms with Crippen LogP contribution < -0.4 is 0 Å². The fraction of sp³-hybridized carbons (Fsp3) is 0.615. The molecule has 1 aromatic heterocycles. The number of pyridine rings is 1. The van der Waals surface area contributed by atoms with E-state index in [0.717, 1.165) is 32.1 Å². The smallest absolute Gasteiger partial charge is 0.246 e. The van der Waals surface area contributed by atoms with Crippen LogP contribution in [0.1, 0.15) is 39.0 Å². The molecular weight excluding hydrogens is 284 g/mol. The molecule has 1 saturated heterocycles. The number of sulfonamides is 1. The van der Waals surface area contributed by atoms with E-state index >= 15 is 0 Å². The second-order valence-electron chi connectivity index (χ2n) is 4.86. The first-order chi connectivity index (χ1) is 9.07. The standard InChI is InChI=1S/C13H19ClN2O2S/c1-2-5-11-6-3-4-9-16(11)19(17,18)13-10-15-8-7-12(13)14/h7-8,10-11H,2-6,9H2,1H3. The molecule has 0 radical (unpaired) electrons. The summed E-state index contributed by atoms with van der Waals surface area (Å²) in [6.45, 7) is 2.66. The number of piperidine rings is 1. The number of hydrogen-bond donors (Lipinski definition) is 0. The van der Waals surface area contributed by atoms with Crippen molar-refractivity contribution in [1.29, 1.82) is 0 Å². The normalized spacial score (nSPS) is 21.5. The van der Waals surface area contributed by atoms with Crippen LogP contribution in [0, 0.1) is 0 Å². The fourth-order valence-electron chi connectivity index (χ4n) is 2.59. The topological polar surface area (TPSA) is 50.3 Å². The summed E-state index contributed by atoms with van der Waals surface area (Å²) in [6.07, 6.45) is 7.67. The average molecular weight is 303 g/mol. The van der Waals surface area contributed by atoms with Gasteiger partial charge in [0.1, 0.15) is 4.90 Å². The summed E-state index contributed by atoms with van der Waals surface area (Å²) >= 11 is 6.01. The Labute approximate surface area is 119 Å². The van der Waals surface area contributed by atoms with Crippen molar-refractivity contribution in [3.05, 3.63) is 23.5 Å². The van der Waals surface area contributed by atoms with E-state index in [-0.39, 0.29) is 16.0 Å². The first-order valence-electron chi connectivity index (χ1n) is 6.68. The number of aromatic nitrogens is 1. The van der Waals surface area contributed by atoms with Crippen molar-refractivity contribution in [3.8, 4) is 0 Å². The summed E-state index contributed by atoms with van der Waals surface area (Å²) < 4.78 is 27.0. The van der Waals surface area contributed by atoms with E-state index in [0.29, 0.717) is 6.54 Å². The minimum absolute atomic E-state index is 0.0972. The van der Waals surface area contributed by atoms with E-state index < -0.39 is 10.0 Å². The van der Waals surface area contributed by atoms with Crippen LogP contribution >= 0.6 is 11.6 Å². The summed E-state index contributed by atoms with van der Waals surface area (Å²) in [4.78, 5) is 4.01. The predicted octanol–water partition coefficient (Wildman–Crippen LogP) is 3.08. The van der Waals surface area contributed by atoms with Gasteiger partial charge in [-0.15, -0.1) is 0 Å². The Morgan fingerprint density at radius 3 is 2.95 bits per heavy atom. The largest absolute Gasteiger partial charge is 0.263 e. The molecule has 1 aliphatic heterocycles. The minimum Gasteiger partial charge on any atom is -0.263 e. The van der Waals surface area contributed by atoms with Gasteiger partial charge in [0.25, 0.3) is 0 Å². The highest BCUT2D eigenvalue weighted by molar-refractivity contribution is 7.89. The molecule has 106 valence electrons. The Bertz CT molecular complexity index is 531. The molecular formula is C13H19ClN2O2S. The van der Waals surface area contributed by atoms with Gasteiger partial charge >= 0.3 is 0 Å². The molecule has 1 aromatic rings.